The van der Waals surface area contributed by atoms with Crippen LogP contribution >= 0.6 is 0 Å². The summed E-state index contributed by atoms with van der Waals surface area (Å²) in [5.74, 6) is 0.808. The summed E-state index contributed by atoms with van der Waals surface area (Å²) >= 11 is 0. The molecule has 0 saturated heterocycles. The van der Waals surface area contributed by atoms with E-state index >= 15 is 0 Å². The fourth-order valence-electron chi connectivity index (χ4n) is 2.12. The molecule has 0 saturated carbocycles. The van der Waals surface area contributed by atoms with E-state index in [0.717, 1.165) is 11.1 Å². The number of fused-ring (bicyclic) bond motifs is 3. The molecule has 0 aliphatic carbocycles. The summed E-state index contributed by atoms with van der Waals surface area (Å²) in [7, 11) is 1.33. The molecule has 0 amide bonds. The first-order chi connectivity index (χ1) is 9.69. The van der Waals surface area contributed by atoms with Crippen LogP contribution in [0.5, 0.6) is 17.2 Å². The van der Waals surface area contributed by atoms with Gasteiger partial charge in [-0.25, -0.2) is 4.79 Å². The molecule has 0 radical (unpaired) electrons. The van der Waals surface area contributed by atoms with Crippen LogP contribution in [0.3, 0.4) is 0 Å². The Morgan fingerprint density at radius 1 is 1.10 bits per heavy atom. The Morgan fingerprint density at radius 2 is 1.90 bits per heavy atom. The number of hydrogen-bond acceptors (Lipinski definition) is 5. The number of phenolic OH excluding ortho intramolecular Hbond substituents is 1. The van der Waals surface area contributed by atoms with Crippen LogP contribution < -0.4 is 9.47 Å². The first-order valence-corrected chi connectivity index (χ1v) is 6.00. The van der Waals surface area contributed by atoms with E-state index in [1.54, 1.807) is 30.3 Å². The third-order valence-electron chi connectivity index (χ3n) is 3.08. The molecule has 1 aliphatic heterocycles. The molecule has 1 aliphatic rings. The van der Waals surface area contributed by atoms with Crippen molar-refractivity contribution < 1.29 is 24.1 Å². The maximum Gasteiger partial charge on any atom is 0.337 e. The van der Waals surface area contributed by atoms with Crippen molar-refractivity contribution in [1.82, 2.24) is 0 Å². The number of carbonyl (C=O) groups is 1. The molecule has 2 aromatic rings. The van der Waals surface area contributed by atoms with Crippen LogP contribution in [0.25, 0.3) is 11.1 Å². The molecular weight excluding hydrogens is 260 g/mol. The molecule has 20 heavy (non-hydrogen) atoms. The van der Waals surface area contributed by atoms with Crippen LogP contribution in [-0.4, -0.2) is 25.0 Å². The summed E-state index contributed by atoms with van der Waals surface area (Å²) in [6.45, 7) is 0.0427. The lowest BCUT2D eigenvalue weighted by Gasteiger charge is -2.08. The molecule has 0 bridgehead atoms. The summed E-state index contributed by atoms with van der Waals surface area (Å²) in [6, 6.07) is 9.81. The minimum Gasteiger partial charge on any atom is -0.508 e. The van der Waals surface area contributed by atoms with Crippen molar-refractivity contribution >= 4 is 5.97 Å². The number of carbonyl (C=O) groups excluding carboxylic acids is 1. The van der Waals surface area contributed by atoms with Crippen LogP contribution in [-0.2, 0) is 4.74 Å². The average molecular weight is 272 g/mol. The number of esters is 1. The fraction of sp³-hybridized carbons (Fsp3) is 0.133. The van der Waals surface area contributed by atoms with Crippen molar-refractivity contribution in [3.8, 4) is 28.4 Å². The van der Waals surface area contributed by atoms with Gasteiger partial charge in [-0.2, -0.15) is 0 Å². The van der Waals surface area contributed by atoms with Gasteiger partial charge in [0.25, 0.3) is 0 Å². The third kappa shape index (κ3) is 2.03. The van der Waals surface area contributed by atoms with Gasteiger partial charge in [-0.05, 0) is 30.3 Å². The van der Waals surface area contributed by atoms with Crippen LogP contribution in [0, 0.1) is 0 Å². The number of methoxy groups -OCH3 is 1. The van der Waals surface area contributed by atoms with Crippen LogP contribution in [0.15, 0.2) is 36.4 Å². The molecule has 0 aromatic heterocycles. The summed E-state index contributed by atoms with van der Waals surface area (Å²) in [5.41, 5.74) is 1.90. The van der Waals surface area contributed by atoms with Gasteiger partial charge < -0.3 is 19.3 Å². The SMILES string of the molecule is COC(=O)c1ccc2c(c1)-c1ccc(O)cc1OCO2. The minimum atomic E-state index is -0.418. The van der Waals surface area contributed by atoms with Crippen LogP contribution in [0.4, 0.5) is 0 Å². The van der Waals surface area contributed by atoms with Gasteiger partial charge in [0.1, 0.15) is 17.2 Å². The minimum absolute atomic E-state index is 0.0427. The maximum absolute atomic E-state index is 11.6. The van der Waals surface area contributed by atoms with Gasteiger partial charge in [-0.3, -0.25) is 0 Å². The second kappa shape index (κ2) is 4.77. The quantitative estimate of drug-likeness (QED) is 0.808. The molecule has 1 N–H and O–H groups in total. The third-order valence-corrected chi connectivity index (χ3v) is 3.08. The van der Waals surface area contributed by atoms with Crippen molar-refractivity contribution in [2.24, 2.45) is 0 Å². The Balaban J connectivity index is 2.18. The van der Waals surface area contributed by atoms with Crippen molar-refractivity contribution in [2.75, 3.05) is 13.9 Å². The molecule has 5 heteroatoms. The van der Waals surface area contributed by atoms with E-state index in [0.29, 0.717) is 17.1 Å². The zero-order valence-corrected chi connectivity index (χ0v) is 10.8. The highest BCUT2D eigenvalue weighted by Gasteiger charge is 2.19. The standard InChI is InChI=1S/C15H12O5/c1-18-15(17)9-2-5-13-12(6-9)11-4-3-10(16)7-14(11)20-8-19-13/h2-7,16H,8H2,1H3. The number of ether oxygens (including phenoxy) is 3. The summed E-state index contributed by atoms with van der Waals surface area (Å²) in [4.78, 5) is 11.6. The Bertz CT molecular complexity index is 678. The van der Waals surface area contributed by atoms with Gasteiger partial charge in [0.05, 0.1) is 12.7 Å². The monoisotopic (exact) mass is 272 g/mol. The molecule has 0 spiro atoms. The predicted octanol–water partition coefficient (Wildman–Crippen LogP) is 2.57. The van der Waals surface area contributed by atoms with Crippen molar-refractivity contribution in [3.63, 3.8) is 0 Å². The van der Waals surface area contributed by atoms with Gasteiger partial charge in [0.2, 0.25) is 6.79 Å². The van der Waals surface area contributed by atoms with Crippen molar-refractivity contribution in [3.05, 3.63) is 42.0 Å². The molecule has 102 valence electrons. The highest BCUT2D eigenvalue weighted by atomic mass is 16.7. The topological polar surface area (TPSA) is 65.0 Å². The molecule has 0 fully saturated rings. The number of aromatic hydroxyl groups is 1. The largest absolute Gasteiger partial charge is 0.508 e. The van der Waals surface area contributed by atoms with Gasteiger partial charge in [-0.15, -0.1) is 0 Å². The van der Waals surface area contributed by atoms with E-state index in [2.05, 4.69) is 0 Å². The van der Waals surface area contributed by atoms with Crippen LogP contribution in [0.1, 0.15) is 10.4 Å². The number of rotatable bonds is 1. The molecule has 1 heterocycles. The normalized spacial score (nSPS) is 12.2. The van der Waals surface area contributed by atoms with Gasteiger partial charge >= 0.3 is 5.97 Å². The van der Waals surface area contributed by atoms with Crippen molar-refractivity contribution in [2.45, 2.75) is 0 Å². The number of phenols is 1. The Morgan fingerprint density at radius 3 is 2.70 bits per heavy atom. The van der Waals surface area contributed by atoms with E-state index in [9.17, 15) is 9.90 Å². The molecule has 3 rings (SSSR count). The van der Waals surface area contributed by atoms with Crippen molar-refractivity contribution in [1.29, 1.82) is 0 Å². The van der Waals surface area contributed by atoms with Gasteiger partial charge in [0, 0.05) is 17.2 Å². The van der Waals surface area contributed by atoms with E-state index in [-0.39, 0.29) is 12.5 Å². The average Bonchev–Trinajstić information content (AvgIpc) is 2.64. The van der Waals surface area contributed by atoms with Crippen LogP contribution in [0.2, 0.25) is 0 Å². The maximum atomic E-state index is 11.6. The van der Waals surface area contributed by atoms with E-state index < -0.39 is 5.97 Å². The fourth-order valence-corrected chi connectivity index (χ4v) is 2.12. The summed E-state index contributed by atoms with van der Waals surface area (Å²) in [6.07, 6.45) is 0. The van der Waals surface area contributed by atoms with E-state index in [1.165, 1.54) is 13.2 Å². The zero-order chi connectivity index (χ0) is 14.1. The zero-order valence-electron chi connectivity index (χ0n) is 10.8. The summed E-state index contributed by atoms with van der Waals surface area (Å²) < 4.78 is 15.6. The predicted molar refractivity (Wildman–Crippen MR) is 71.0 cm³/mol. The highest BCUT2D eigenvalue weighted by molar-refractivity contribution is 5.92. The van der Waals surface area contributed by atoms with E-state index in [4.69, 9.17) is 14.2 Å². The first-order valence-electron chi connectivity index (χ1n) is 6.00. The molecule has 2 aromatic carbocycles. The Hall–Kier alpha value is -2.69. The Kier molecular flexibility index (Phi) is 2.95. The highest BCUT2D eigenvalue weighted by Crippen LogP contribution is 2.40. The Labute approximate surface area is 115 Å². The smallest absolute Gasteiger partial charge is 0.337 e. The molecule has 5 nitrogen and oxygen atoms in total. The molecule has 0 atom stereocenters. The summed E-state index contributed by atoms with van der Waals surface area (Å²) in [5, 5.41) is 9.51. The second-order valence-corrected chi connectivity index (χ2v) is 4.29. The molecular formula is C15H12O5. The van der Waals surface area contributed by atoms with Gasteiger partial charge in [0.15, 0.2) is 0 Å². The lowest BCUT2D eigenvalue weighted by Crippen LogP contribution is -2.04. The lowest BCUT2D eigenvalue weighted by molar-refractivity contribution is 0.0600. The number of benzene rings is 2. The first kappa shape index (κ1) is 12.3. The number of hydrogen-bond donors (Lipinski definition) is 1. The second-order valence-electron chi connectivity index (χ2n) is 4.29. The lowest BCUT2D eigenvalue weighted by atomic mass is 10.0. The molecule has 0 unspecified atom stereocenters. The van der Waals surface area contributed by atoms with E-state index in [1.807, 2.05) is 0 Å². The van der Waals surface area contributed by atoms with Gasteiger partial charge in [-0.1, -0.05) is 0 Å².